The van der Waals surface area contributed by atoms with Crippen LogP contribution in [0.2, 0.25) is 0 Å². The molecule has 1 N–H and O–H groups in total. The Labute approximate surface area is 208 Å². The number of aliphatic hydroxyl groups excluding tert-OH is 1. The topological polar surface area (TPSA) is 89.2 Å². The van der Waals surface area contributed by atoms with Crippen molar-refractivity contribution in [1.29, 1.82) is 0 Å². The fraction of sp³-hybridized carbons (Fsp3) is 0.286. The van der Waals surface area contributed by atoms with Gasteiger partial charge in [0.05, 0.1) is 38.1 Å². The number of rotatable bonds is 9. The summed E-state index contributed by atoms with van der Waals surface area (Å²) in [5, 5.41) is 11.2. The number of furan rings is 1. The fourth-order valence-corrected chi connectivity index (χ4v) is 4.16. The molecule has 1 fully saturated rings. The number of hydrogen-bond donors (Lipinski definition) is 1. The normalized spacial score (nSPS) is 17.0. The van der Waals surface area contributed by atoms with Crippen molar-refractivity contribution >= 4 is 17.4 Å². The standard InChI is InChI=1S/C28H28FNO6/c1-4-5-12-36-22-11-10-18(15-23(22)34-3)25-24(26(31)19-9-8-17(2)21(29)14-19)27(32)28(33)30(25)16-20-7-6-13-35-20/h6-11,13-15,25,31H,4-5,12,16H2,1-3H3/b26-24+. The molecule has 2 heterocycles. The van der Waals surface area contributed by atoms with E-state index < -0.39 is 29.3 Å². The van der Waals surface area contributed by atoms with E-state index in [4.69, 9.17) is 13.9 Å². The summed E-state index contributed by atoms with van der Waals surface area (Å²) >= 11 is 0. The minimum Gasteiger partial charge on any atom is -0.507 e. The van der Waals surface area contributed by atoms with Crippen molar-refractivity contribution < 1.29 is 33.0 Å². The first-order valence-corrected chi connectivity index (χ1v) is 11.7. The number of ketones is 1. The second kappa shape index (κ2) is 10.7. The Hall–Kier alpha value is -4.07. The number of halogens is 1. The Morgan fingerprint density at radius 2 is 1.94 bits per heavy atom. The highest BCUT2D eigenvalue weighted by Crippen LogP contribution is 2.42. The van der Waals surface area contributed by atoms with Gasteiger partial charge in [-0.25, -0.2) is 4.39 Å². The molecular weight excluding hydrogens is 465 g/mol. The summed E-state index contributed by atoms with van der Waals surface area (Å²) in [6.45, 7) is 4.17. The average molecular weight is 494 g/mol. The van der Waals surface area contributed by atoms with E-state index in [9.17, 15) is 19.1 Å². The molecule has 1 aliphatic heterocycles. The summed E-state index contributed by atoms with van der Waals surface area (Å²) in [7, 11) is 1.50. The molecule has 1 aromatic heterocycles. The van der Waals surface area contributed by atoms with Crippen LogP contribution in [0.15, 0.2) is 64.8 Å². The maximum atomic E-state index is 14.3. The number of nitrogens with zero attached hydrogens (tertiary/aromatic N) is 1. The molecule has 0 aliphatic carbocycles. The SMILES string of the molecule is CCCCOc1ccc(C2/C(=C(\O)c3ccc(C)c(F)c3)C(=O)C(=O)N2Cc2ccco2)cc1OC. The van der Waals surface area contributed by atoms with Crippen molar-refractivity contribution in [3.8, 4) is 11.5 Å². The highest BCUT2D eigenvalue weighted by Gasteiger charge is 2.46. The zero-order chi connectivity index (χ0) is 25.8. The van der Waals surface area contributed by atoms with Gasteiger partial charge in [0.1, 0.15) is 17.3 Å². The van der Waals surface area contributed by atoms with Gasteiger partial charge in [-0.15, -0.1) is 0 Å². The minimum absolute atomic E-state index is 0.00164. The summed E-state index contributed by atoms with van der Waals surface area (Å²) in [6, 6.07) is 11.7. The lowest BCUT2D eigenvalue weighted by molar-refractivity contribution is -0.140. The third-order valence-electron chi connectivity index (χ3n) is 6.15. The van der Waals surface area contributed by atoms with Gasteiger partial charge in [-0.3, -0.25) is 9.59 Å². The molecule has 0 radical (unpaired) electrons. The average Bonchev–Trinajstić information content (AvgIpc) is 3.48. The Balaban J connectivity index is 1.84. The number of benzene rings is 2. The van der Waals surface area contributed by atoms with Gasteiger partial charge in [0, 0.05) is 5.56 Å². The third kappa shape index (κ3) is 4.84. The number of amides is 1. The van der Waals surface area contributed by atoms with Gasteiger partial charge in [-0.05, 0) is 54.8 Å². The largest absolute Gasteiger partial charge is 0.507 e. The summed E-state index contributed by atoms with van der Waals surface area (Å²) < 4.78 is 31.0. The van der Waals surface area contributed by atoms with Crippen LogP contribution < -0.4 is 9.47 Å². The van der Waals surface area contributed by atoms with Gasteiger partial charge in [0.25, 0.3) is 11.7 Å². The van der Waals surface area contributed by atoms with Crippen LogP contribution >= 0.6 is 0 Å². The second-order valence-corrected chi connectivity index (χ2v) is 8.58. The number of aliphatic hydroxyl groups is 1. The van der Waals surface area contributed by atoms with E-state index in [1.807, 2.05) is 0 Å². The van der Waals surface area contributed by atoms with Crippen molar-refractivity contribution in [3.05, 3.63) is 88.6 Å². The number of methoxy groups -OCH3 is 1. The van der Waals surface area contributed by atoms with Gasteiger partial charge in [0.15, 0.2) is 11.5 Å². The summed E-state index contributed by atoms with van der Waals surface area (Å²) in [6.07, 6.45) is 3.32. The quantitative estimate of drug-likeness (QED) is 0.182. The Morgan fingerprint density at radius 1 is 1.14 bits per heavy atom. The molecule has 1 saturated heterocycles. The molecule has 188 valence electrons. The van der Waals surface area contributed by atoms with E-state index in [0.29, 0.717) is 35.0 Å². The van der Waals surface area contributed by atoms with Crippen LogP contribution in [0.4, 0.5) is 4.39 Å². The van der Waals surface area contributed by atoms with Gasteiger partial charge in [0.2, 0.25) is 0 Å². The molecule has 1 atom stereocenters. The molecule has 1 aliphatic rings. The lowest BCUT2D eigenvalue weighted by atomic mass is 9.94. The molecule has 3 aromatic rings. The van der Waals surface area contributed by atoms with Gasteiger partial charge in [-0.1, -0.05) is 31.5 Å². The molecule has 0 spiro atoms. The Bertz CT molecular complexity index is 1300. The predicted octanol–water partition coefficient (Wildman–Crippen LogP) is 5.54. The number of ether oxygens (including phenoxy) is 2. The van der Waals surface area contributed by atoms with Crippen LogP contribution in [0, 0.1) is 12.7 Å². The number of hydrogen-bond acceptors (Lipinski definition) is 6. The summed E-state index contributed by atoms with van der Waals surface area (Å²) in [5.74, 6) is -1.24. The smallest absolute Gasteiger partial charge is 0.296 e. The van der Waals surface area contributed by atoms with E-state index in [1.165, 1.54) is 30.4 Å². The number of aryl methyl sites for hydroxylation is 1. The summed E-state index contributed by atoms with van der Waals surface area (Å²) in [4.78, 5) is 27.7. The van der Waals surface area contributed by atoms with Gasteiger partial charge >= 0.3 is 0 Å². The van der Waals surface area contributed by atoms with Crippen molar-refractivity contribution in [2.24, 2.45) is 0 Å². The monoisotopic (exact) mass is 493 g/mol. The van der Waals surface area contributed by atoms with Crippen molar-refractivity contribution in [2.75, 3.05) is 13.7 Å². The number of carbonyl (C=O) groups is 2. The first-order valence-electron chi connectivity index (χ1n) is 11.7. The fourth-order valence-electron chi connectivity index (χ4n) is 4.16. The van der Waals surface area contributed by atoms with Crippen molar-refractivity contribution in [2.45, 2.75) is 39.3 Å². The van der Waals surface area contributed by atoms with E-state index in [1.54, 1.807) is 37.3 Å². The van der Waals surface area contributed by atoms with Crippen LogP contribution in [-0.4, -0.2) is 35.4 Å². The second-order valence-electron chi connectivity index (χ2n) is 8.58. The minimum atomic E-state index is -0.960. The van der Waals surface area contributed by atoms with E-state index in [0.717, 1.165) is 18.9 Å². The zero-order valence-electron chi connectivity index (χ0n) is 20.4. The first-order chi connectivity index (χ1) is 17.3. The predicted molar refractivity (Wildman–Crippen MR) is 131 cm³/mol. The van der Waals surface area contributed by atoms with Gasteiger partial charge in [-0.2, -0.15) is 0 Å². The van der Waals surface area contributed by atoms with Crippen LogP contribution in [0.3, 0.4) is 0 Å². The maximum absolute atomic E-state index is 14.3. The molecule has 8 heteroatoms. The Morgan fingerprint density at radius 3 is 2.61 bits per heavy atom. The number of Topliss-reactive ketones (excluding diaryl/α,β-unsaturated/α-hetero) is 1. The van der Waals surface area contributed by atoms with Gasteiger partial charge < -0.3 is 23.9 Å². The third-order valence-corrected chi connectivity index (χ3v) is 6.15. The number of likely N-dealkylation sites (tertiary alicyclic amines) is 1. The first kappa shape index (κ1) is 25.0. The molecule has 1 amide bonds. The molecule has 36 heavy (non-hydrogen) atoms. The van der Waals surface area contributed by atoms with E-state index in [-0.39, 0.29) is 17.7 Å². The molecule has 2 aromatic carbocycles. The van der Waals surface area contributed by atoms with Crippen LogP contribution in [-0.2, 0) is 16.1 Å². The lowest BCUT2D eigenvalue weighted by Gasteiger charge is -2.25. The molecular formula is C28H28FNO6. The molecule has 1 unspecified atom stereocenters. The van der Waals surface area contributed by atoms with Crippen LogP contribution in [0.25, 0.3) is 5.76 Å². The molecule has 0 saturated carbocycles. The zero-order valence-corrected chi connectivity index (χ0v) is 20.4. The highest BCUT2D eigenvalue weighted by molar-refractivity contribution is 6.46. The van der Waals surface area contributed by atoms with Crippen LogP contribution in [0.1, 0.15) is 48.3 Å². The van der Waals surface area contributed by atoms with E-state index in [2.05, 4.69) is 6.92 Å². The number of unbranched alkanes of at least 4 members (excludes halogenated alkanes) is 1. The molecule has 0 bridgehead atoms. The maximum Gasteiger partial charge on any atom is 0.296 e. The van der Waals surface area contributed by atoms with E-state index >= 15 is 0 Å². The highest BCUT2D eigenvalue weighted by atomic mass is 19.1. The molecule has 4 rings (SSSR count). The molecule has 7 nitrogen and oxygen atoms in total. The summed E-state index contributed by atoms with van der Waals surface area (Å²) in [5.41, 5.74) is 0.876. The lowest BCUT2D eigenvalue weighted by Crippen LogP contribution is -2.29. The van der Waals surface area contributed by atoms with Crippen molar-refractivity contribution in [1.82, 2.24) is 4.90 Å². The Kier molecular flexibility index (Phi) is 7.43. The number of carbonyl (C=O) groups excluding carboxylic acids is 2. The van der Waals surface area contributed by atoms with Crippen LogP contribution in [0.5, 0.6) is 11.5 Å². The van der Waals surface area contributed by atoms with Crippen molar-refractivity contribution in [3.63, 3.8) is 0 Å².